The van der Waals surface area contributed by atoms with Crippen molar-refractivity contribution in [3.05, 3.63) is 35.9 Å². The van der Waals surface area contributed by atoms with Crippen LogP contribution in [0.25, 0.3) is 0 Å². The Balaban J connectivity index is 1.69. The zero-order valence-corrected chi connectivity index (χ0v) is 15.0. The van der Waals surface area contributed by atoms with Crippen LogP contribution < -0.4 is 10.6 Å². The number of benzene rings is 1. The lowest BCUT2D eigenvalue weighted by atomic mass is 9.92. The Morgan fingerprint density at radius 3 is 2.68 bits per heavy atom. The second-order valence-electron chi connectivity index (χ2n) is 6.35. The molecule has 6 nitrogen and oxygen atoms in total. The molecule has 1 heterocycles. The standard InChI is InChI=1S/C19H29N3O3/c1-25-15-12-20-18(23)9-11-21-19(24)22-13-5-8-17(10-14-22)16-6-3-2-4-7-16/h2-4,6-7,17H,5,8-15H2,1H3,(H,20,23)(H,21,24)/t17-/m0/s1. The molecule has 0 bridgehead atoms. The van der Waals surface area contributed by atoms with Gasteiger partial charge in [0.2, 0.25) is 5.91 Å². The number of carbonyl (C=O) groups is 2. The lowest BCUT2D eigenvalue weighted by Crippen LogP contribution is -2.42. The van der Waals surface area contributed by atoms with E-state index in [1.54, 1.807) is 7.11 Å². The molecule has 0 saturated carbocycles. The highest BCUT2D eigenvalue weighted by molar-refractivity contribution is 5.78. The molecule has 25 heavy (non-hydrogen) atoms. The Bertz CT molecular complexity index is 536. The number of rotatable bonds is 7. The van der Waals surface area contributed by atoms with Gasteiger partial charge in [-0.1, -0.05) is 30.3 Å². The van der Waals surface area contributed by atoms with Crippen LogP contribution in [0.2, 0.25) is 0 Å². The average molecular weight is 347 g/mol. The van der Waals surface area contributed by atoms with Gasteiger partial charge in [-0.15, -0.1) is 0 Å². The summed E-state index contributed by atoms with van der Waals surface area (Å²) in [5.41, 5.74) is 1.36. The zero-order chi connectivity index (χ0) is 17.9. The van der Waals surface area contributed by atoms with Crippen molar-refractivity contribution < 1.29 is 14.3 Å². The molecule has 0 aromatic heterocycles. The molecule has 2 rings (SSSR count). The minimum atomic E-state index is -0.0719. The number of methoxy groups -OCH3 is 1. The zero-order valence-electron chi connectivity index (χ0n) is 15.0. The van der Waals surface area contributed by atoms with Gasteiger partial charge < -0.3 is 20.3 Å². The Kier molecular flexibility index (Phi) is 8.25. The number of nitrogens with zero attached hydrogens (tertiary/aromatic N) is 1. The van der Waals surface area contributed by atoms with Crippen LogP contribution >= 0.6 is 0 Å². The van der Waals surface area contributed by atoms with Crippen LogP contribution in [0.3, 0.4) is 0 Å². The molecule has 0 aliphatic carbocycles. The summed E-state index contributed by atoms with van der Waals surface area (Å²) in [6.07, 6.45) is 3.38. The van der Waals surface area contributed by atoms with E-state index in [-0.39, 0.29) is 18.4 Å². The number of amides is 3. The summed E-state index contributed by atoms with van der Waals surface area (Å²) >= 11 is 0. The van der Waals surface area contributed by atoms with Crippen molar-refractivity contribution in [1.29, 1.82) is 0 Å². The SMILES string of the molecule is COCCNC(=O)CCNC(=O)N1CCC[C@H](c2ccccc2)CC1. The summed E-state index contributed by atoms with van der Waals surface area (Å²) in [7, 11) is 1.59. The average Bonchev–Trinajstić information content (AvgIpc) is 2.89. The fraction of sp³-hybridized carbons (Fsp3) is 0.579. The molecule has 0 radical (unpaired) electrons. The maximum absolute atomic E-state index is 12.3. The molecule has 1 saturated heterocycles. The van der Waals surface area contributed by atoms with Gasteiger partial charge in [0.1, 0.15) is 0 Å². The summed E-state index contributed by atoms with van der Waals surface area (Å²) in [6.45, 7) is 2.88. The van der Waals surface area contributed by atoms with Gasteiger partial charge in [-0.3, -0.25) is 4.79 Å². The fourth-order valence-electron chi connectivity index (χ4n) is 3.13. The van der Waals surface area contributed by atoms with E-state index in [2.05, 4.69) is 34.9 Å². The molecular weight excluding hydrogens is 318 g/mol. The number of nitrogens with one attached hydrogen (secondary N) is 2. The highest BCUT2D eigenvalue weighted by atomic mass is 16.5. The van der Waals surface area contributed by atoms with E-state index in [1.165, 1.54) is 5.56 Å². The lowest BCUT2D eigenvalue weighted by Gasteiger charge is -2.21. The van der Waals surface area contributed by atoms with Gasteiger partial charge in [0.25, 0.3) is 0 Å². The Morgan fingerprint density at radius 2 is 1.92 bits per heavy atom. The maximum Gasteiger partial charge on any atom is 0.317 e. The largest absolute Gasteiger partial charge is 0.383 e. The second-order valence-corrected chi connectivity index (χ2v) is 6.35. The summed E-state index contributed by atoms with van der Waals surface area (Å²) in [5, 5.41) is 5.59. The normalized spacial score (nSPS) is 17.6. The molecule has 0 spiro atoms. The molecule has 1 atom stereocenters. The third-order valence-corrected chi connectivity index (χ3v) is 4.54. The Labute approximate surface area is 149 Å². The van der Waals surface area contributed by atoms with E-state index >= 15 is 0 Å². The van der Waals surface area contributed by atoms with E-state index in [4.69, 9.17) is 4.74 Å². The maximum atomic E-state index is 12.3. The van der Waals surface area contributed by atoms with E-state index in [0.29, 0.717) is 25.6 Å². The van der Waals surface area contributed by atoms with Crippen LogP contribution in [-0.4, -0.2) is 56.7 Å². The highest BCUT2D eigenvalue weighted by Crippen LogP contribution is 2.27. The van der Waals surface area contributed by atoms with Gasteiger partial charge in [0, 0.05) is 39.7 Å². The highest BCUT2D eigenvalue weighted by Gasteiger charge is 2.21. The first-order valence-electron chi connectivity index (χ1n) is 9.04. The minimum absolute atomic E-state index is 0.0709. The quantitative estimate of drug-likeness (QED) is 0.742. The smallest absolute Gasteiger partial charge is 0.317 e. The third-order valence-electron chi connectivity index (χ3n) is 4.54. The fourth-order valence-corrected chi connectivity index (χ4v) is 3.13. The summed E-state index contributed by atoms with van der Waals surface area (Å²) < 4.78 is 4.88. The molecule has 138 valence electrons. The molecule has 1 aromatic rings. The number of carbonyl (C=O) groups excluding carboxylic acids is 2. The van der Waals surface area contributed by atoms with Crippen LogP contribution in [-0.2, 0) is 9.53 Å². The van der Waals surface area contributed by atoms with Crippen molar-refractivity contribution in [2.24, 2.45) is 0 Å². The first-order chi connectivity index (χ1) is 12.2. The Hall–Kier alpha value is -2.08. The van der Waals surface area contributed by atoms with Crippen LogP contribution in [0.4, 0.5) is 4.79 Å². The Morgan fingerprint density at radius 1 is 1.12 bits per heavy atom. The van der Waals surface area contributed by atoms with Crippen molar-refractivity contribution in [2.75, 3.05) is 39.9 Å². The van der Waals surface area contributed by atoms with Crippen molar-refractivity contribution in [2.45, 2.75) is 31.6 Å². The van der Waals surface area contributed by atoms with Crippen molar-refractivity contribution >= 4 is 11.9 Å². The number of ether oxygens (including phenoxy) is 1. The monoisotopic (exact) mass is 347 g/mol. The molecule has 6 heteroatoms. The second kappa shape index (κ2) is 10.7. The number of likely N-dealkylation sites (tertiary alicyclic amines) is 1. The van der Waals surface area contributed by atoms with Gasteiger partial charge in [-0.2, -0.15) is 0 Å². The number of hydrogen-bond donors (Lipinski definition) is 2. The van der Waals surface area contributed by atoms with E-state index in [1.807, 2.05) is 11.0 Å². The topological polar surface area (TPSA) is 70.7 Å². The first kappa shape index (κ1) is 19.2. The van der Waals surface area contributed by atoms with Gasteiger partial charge in [0.15, 0.2) is 0 Å². The molecule has 1 aromatic carbocycles. The number of hydrogen-bond acceptors (Lipinski definition) is 3. The van der Waals surface area contributed by atoms with Crippen LogP contribution in [0.5, 0.6) is 0 Å². The van der Waals surface area contributed by atoms with Gasteiger partial charge >= 0.3 is 6.03 Å². The number of urea groups is 1. The van der Waals surface area contributed by atoms with Gasteiger partial charge in [-0.05, 0) is 30.7 Å². The van der Waals surface area contributed by atoms with Crippen LogP contribution in [0.15, 0.2) is 30.3 Å². The lowest BCUT2D eigenvalue weighted by molar-refractivity contribution is -0.121. The molecule has 0 unspecified atom stereocenters. The molecule has 2 N–H and O–H groups in total. The van der Waals surface area contributed by atoms with E-state index in [0.717, 1.165) is 32.4 Å². The first-order valence-corrected chi connectivity index (χ1v) is 9.04. The minimum Gasteiger partial charge on any atom is -0.383 e. The molecule has 1 fully saturated rings. The predicted octanol–water partition coefficient (Wildman–Crippen LogP) is 2.12. The van der Waals surface area contributed by atoms with Crippen LogP contribution in [0.1, 0.15) is 37.2 Å². The van der Waals surface area contributed by atoms with E-state index < -0.39 is 0 Å². The van der Waals surface area contributed by atoms with Crippen molar-refractivity contribution in [1.82, 2.24) is 15.5 Å². The van der Waals surface area contributed by atoms with Crippen molar-refractivity contribution in [3.63, 3.8) is 0 Å². The van der Waals surface area contributed by atoms with Gasteiger partial charge in [0.05, 0.1) is 6.61 Å². The van der Waals surface area contributed by atoms with Gasteiger partial charge in [-0.25, -0.2) is 4.79 Å². The molecule has 3 amide bonds. The van der Waals surface area contributed by atoms with Crippen molar-refractivity contribution in [3.8, 4) is 0 Å². The summed E-state index contributed by atoms with van der Waals surface area (Å²) in [5.74, 6) is 0.447. The molecular formula is C19H29N3O3. The van der Waals surface area contributed by atoms with Crippen LogP contribution in [0, 0.1) is 0 Å². The molecule has 1 aliphatic heterocycles. The summed E-state index contributed by atoms with van der Waals surface area (Å²) in [6, 6.07) is 10.4. The van der Waals surface area contributed by atoms with E-state index in [9.17, 15) is 9.59 Å². The summed E-state index contributed by atoms with van der Waals surface area (Å²) in [4.78, 5) is 25.8. The third kappa shape index (κ3) is 6.74. The predicted molar refractivity (Wildman–Crippen MR) is 97.5 cm³/mol. The molecule has 1 aliphatic rings.